The molecule has 0 bridgehead atoms. The quantitative estimate of drug-likeness (QED) is 0.863. The minimum atomic E-state index is -1.23. The van der Waals surface area contributed by atoms with Crippen LogP contribution in [0.2, 0.25) is 0 Å². The van der Waals surface area contributed by atoms with Crippen molar-refractivity contribution in [2.45, 2.75) is 26.1 Å². The van der Waals surface area contributed by atoms with Crippen molar-refractivity contribution in [1.82, 2.24) is 9.80 Å². The number of aromatic carboxylic acids is 2. The molecular formula is C15H22N2O4. The van der Waals surface area contributed by atoms with Gasteiger partial charge in [0, 0.05) is 12.6 Å². The lowest BCUT2D eigenvalue weighted by Crippen LogP contribution is -2.32. The van der Waals surface area contributed by atoms with Crippen molar-refractivity contribution in [3.8, 4) is 0 Å². The Hall–Kier alpha value is -1.92. The lowest BCUT2D eigenvalue weighted by atomic mass is 10.1. The second kappa shape index (κ2) is 7.19. The molecule has 21 heavy (non-hydrogen) atoms. The summed E-state index contributed by atoms with van der Waals surface area (Å²) in [6.45, 7) is 5.71. The van der Waals surface area contributed by atoms with E-state index in [1.165, 1.54) is 30.8 Å². The number of hydrogen-bond donors (Lipinski definition) is 2. The number of hydrogen-bond acceptors (Lipinski definition) is 4. The number of likely N-dealkylation sites (N-methyl/N-ethyl adjacent to an activating group) is 2. The fourth-order valence-corrected chi connectivity index (χ4v) is 2.23. The summed E-state index contributed by atoms with van der Waals surface area (Å²) in [6, 6.07) is 6.20. The largest absolute Gasteiger partial charge is 0.478 e. The van der Waals surface area contributed by atoms with Gasteiger partial charge >= 0.3 is 11.9 Å². The molecular weight excluding hydrogens is 272 g/mol. The predicted octanol–water partition coefficient (Wildman–Crippen LogP) is 1.68. The highest BCUT2D eigenvalue weighted by molar-refractivity contribution is 6.01. The Balaban J connectivity index is 0.000000219. The lowest BCUT2D eigenvalue weighted by molar-refractivity contribution is 0.0651. The van der Waals surface area contributed by atoms with Crippen LogP contribution in [0.1, 0.15) is 34.6 Å². The molecule has 6 heteroatoms. The lowest BCUT2D eigenvalue weighted by Gasteiger charge is -2.21. The molecule has 1 aromatic rings. The molecule has 1 saturated heterocycles. The van der Waals surface area contributed by atoms with Crippen LogP contribution in [0.15, 0.2) is 24.3 Å². The summed E-state index contributed by atoms with van der Waals surface area (Å²) in [5, 5.41) is 17.1. The second-order valence-electron chi connectivity index (χ2n) is 5.24. The van der Waals surface area contributed by atoms with E-state index in [-0.39, 0.29) is 11.1 Å². The molecule has 0 amide bonds. The summed E-state index contributed by atoms with van der Waals surface area (Å²) in [4.78, 5) is 25.7. The number of carboxylic acid groups (broad SMARTS) is 2. The summed E-state index contributed by atoms with van der Waals surface area (Å²) in [6.07, 6.45) is 0.625. The molecule has 2 N–H and O–H groups in total. The Morgan fingerprint density at radius 3 is 1.67 bits per heavy atom. The van der Waals surface area contributed by atoms with Crippen LogP contribution >= 0.6 is 0 Å². The Morgan fingerprint density at radius 2 is 1.48 bits per heavy atom. The van der Waals surface area contributed by atoms with Gasteiger partial charge in [-0.1, -0.05) is 12.1 Å². The van der Waals surface area contributed by atoms with Crippen molar-refractivity contribution in [2.24, 2.45) is 0 Å². The van der Waals surface area contributed by atoms with Crippen molar-refractivity contribution in [1.29, 1.82) is 0 Å². The maximum atomic E-state index is 10.5. The monoisotopic (exact) mass is 294 g/mol. The maximum Gasteiger partial charge on any atom is 0.336 e. The van der Waals surface area contributed by atoms with Gasteiger partial charge in [-0.3, -0.25) is 9.80 Å². The fourth-order valence-electron chi connectivity index (χ4n) is 2.23. The standard InChI is InChI=1S/C8H6O4.C7H16N2/c9-7(10)5-3-1-2-4-6(5)8(11)12;1-6-5-8(3)7(2)9(6)4/h1-4H,(H,9,10)(H,11,12);6-7H,5H2,1-4H3. The number of carboxylic acids is 2. The second-order valence-corrected chi connectivity index (χ2v) is 5.24. The van der Waals surface area contributed by atoms with E-state index in [0.717, 1.165) is 6.04 Å². The average Bonchev–Trinajstić information content (AvgIpc) is 2.66. The topological polar surface area (TPSA) is 81.1 Å². The first-order valence-corrected chi connectivity index (χ1v) is 6.73. The molecule has 6 nitrogen and oxygen atoms in total. The molecule has 0 aliphatic carbocycles. The summed E-state index contributed by atoms with van der Waals surface area (Å²) in [5.74, 6) is -2.46. The van der Waals surface area contributed by atoms with Gasteiger partial charge in [0.25, 0.3) is 0 Å². The molecule has 1 heterocycles. The Labute approximate surface area is 124 Å². The molecule has 1 aliphatic heterocycles. The minimum absolute atomic E-state index is 0.190. The Morgan fingerprint density at radius 1 is 1.05 bits per heavy atom. The number of benzene rings is 1. The summed E-state index contributed by atoms with van der Waals surface area (Å²) < 4.78 is 0. The molecule has 1 aliphatic rings. The Bertz CT molecular complexity index is 473. The van der Waals surface area contributed by atoms with Crippen LogP contribution in [-0.4, -0.2) is 64.8 Å². The number of nitrogens with zero attached hydrogens (tertiary/aromatic N) is 2. The predicted molar refractivity (Wildman–Crippen MR) is 79.7 cm³/mol. The smallest absolute Gasteiger partial charge is 0.336 e. The zero-order chi connectivity index (χ0) is 16.2. The first-order valence-electron chi connectivity index (χ1n) is 6.73. The van der Waals surface area contributed by atoms with Gasteiger partial charge in [-0.2, -0.15) is 0 Å². The third-order valence-corrected chi connectivity index (χ3v) is 3.86. The van der Waals surface area contributed by atoms with E-state index in [2.05, 4.69) is 37.7 Å². The van der Waals surface area contributed by atoms with Crippen molar-refractivity contribution in [3.05, 3.63) is 35.4 Å². The van der Waals surface area contributed by atoms with Crippen LogP contribution in [0.5, 0.6) is 0 Å². The summed E-state index contributed by atoms with van der Waals surface area (Å²) in [7, 11) is 4.35. The third-order valence-electron chi connectivity index (χ3n) is 3.86. The number of carbonyl (C=O) groups is 2. The van der Waals surface area contributed by atoms with Gasteiger partial charge in [0.15, 0.2) is 0 Å². The van der Waals surface area contributed by atoms with Gasteiger partial charge in [0.1, 0.15) is 0 Å². The Kier molecular flexibility index (Phi) is 5.87. The van der Waals surface area contributed by atoms with Crippen LogP contribution in [0.3, 0.4) is 0 Å². The first-order chi connectivity index (χ1) is 9.75. The summed E-state index contributed by atoms with van der Waals surface area (Å²) >= 11 is 0. The summed E-state index contributed by atoms with van der Waals surface area (Å²) in [5.41, 5.74) is -0.380. The average molecular weight is 294 g/mol. The SMILES string of the molecule is CC1CN(C)C(C)N1C.O=C(O)c1ccccc1C(=O)O. The molecule has 0 aromatic heterocycles. The van der Waals surface area contributed by atoms with Crippen molar-refractivity contribution in [3.63, 3.8) is 0 Å². The van der Waals surface area contributed by atoms with Crippen molar-refractivity contribution >= 4 is 11.9 Å². The highest BCUT2D eigenvalue weighted by atomic mass is 16.4. The molecule has 0 saturated carbocycles. The van der Waals surface area contributed by atoms with Gasteiger partial charge in [0.2, 0.25) is 0 Å². The molecule has 0 radical (unpaired) electrons. The highest BCUT2D eigenvalue weighted by Crippen LogP contribution is 2.14. The zero-order valence-corrected chi connectivity index (χ0v) is 12.8. The van der Waals surface area contributed by atoms with Crippen LogP contribution in [0, 0.1) is 0 Å². The van der Waals surface area contributed by atoms with E-state index in [9.17, 15) is 9.59 Å². The van der Waals surface area contributed by atoms with Crippen LogP contribution in [-0.2, 0) is 0 Å². The van der Waals surface area contributed by atoms with Gasteiger partial charge in [-0.15, -0.1) is 0 Å². The van der Waals surface area contributed by atoms with E-state index < -0.39 is 11.9 Å². The van der Waals surface area contributed by atoms with Crippen LogP contribution < -0.4 is 0 Å². The molecule has 1 fully saturated rings. The van der Waals surface area contributed by atoms with Crippen LogP contribution in [0.25, 0.3) is 0 Å². The van der Waals surface area contributed by atoms with Crippen LogP contribution in [0.4, 0.5) is 0 Å². The van der Waals surface area contributed by atoms with Crippen molar-refractivity contribution in [2.75, 3.05) is 20.6 Å². The molecule has 1 aromatic carbocycles. The van der Waals surface area contributed by atoms with Gasteiger partial charge in [-0.05, 0) is 40.1 Å². The fraction of sp³-hybridized carbons (Fsp3) is 0.467. The molecule has 116 valence electrons. The van der Waals surface area contributed by atoms with E-state index in [4.69, 9.17) is 10.2 Å². The van der Waals surface area contributed by atoms with Crippen molar-refractivity contribution < 1.29 is 19.8 Å². The van der Waals surface area contributed by atoms with Gasteiger partial charge in [-0.25, -0.2) is 9.59 Å². The molecule has 2 unspecified atom stereocenters. The number of rotatable bonds is 2. The molecule has 2 atom stereocenters. The van der Waals surface area contributed by atoms with Gasteiger partial charge in [0.05, 0.1) is 17.3 Å². The zero-order valence-electron chi connectivity index (χ0n) is 12.8. The maximum absolute atomic E-state index is 10.5. The van der Waals surface area contributed by atoms with E-state index in [1.807, 2.05) is 0 Å². The van der Waals surface area contributed by atoms with Gasteiger partial charge < -0.3 is 10.2 Å². The minimum Gasteiger partial charge on any atom is -0.478 e. The molecule has 2 rings (SSSR count). The first kappa shape index (κ1) is 17.1. The van der Waals surface area contributed by atoms with E-state index in [0.29, 0.717) is 6.17 Å². The van der Waals surface area contributed by atoms with E-state index in [1.54, 1.807) is 0 Å². The third kappa shape index (κ3) is 4.27. The highest BCUT2D eigenvalue weighted by Gasteiger charge is 2.27. The normalized spacial score (nSPS) is 22.5. The van der Waals surface area contributed by atoms with E-state index >= 15 is 0 Å². The molecule has 0 spiro atoms.